The van der Waals surface area contributed by atoms with Crippen LogP contribution < -0.4 is 15.8 Å². The summed E-state index contributed by atoms with van der Waals surface area (Å²) < 4.78 is 18.5. The molecule has 0 heterocycles. The van der Waals surface area contributed by atoms with E-state index in [2.05, 4.69) is 5.32 Å². The van der Waals surface area contributed by atoms with Gasteiger partial charge in [0.25, 0.3) is 0 Å². The van der Waals surface area contributed by atoms with E-state index in [-0.39, 0.29) is 30.1 Å². The minimum atomic E-state index is -0.419. The molecule has 22 heavy (non-hydrogen) atoms. The summed E-state index contributed by atoms with van der Waals surface area (Å²) in [6.07, 6.45) is 4.42. The minimum Gasteiger partial charge on any atom is -0.494 e. The second-order valence-corrected chi connectivity index (χ2v) is 5.14. The molecule has 0 fully saturated rings. The molecule has 0 spiro atoms. The van der Waals surface area contributed by atoms with Crippen LogP contribution in [0.4, 0.5) is 4.39 Å². The Balaban J connectivity index is 0.00000441. The Morgan fingerprint density at radius 1 is 1.32 bits per heavy atom. The Kier molecular flexibility index (Phi) is 10.6. The highest BCUT2D eigenvalue weighted by molar-refractivity contribution is 5.85. The number of halogens is 2. The number of carbonyl (C=O) groups excluding carboxylic acids is 1. The topological polar surface area (TPSA) is 64.3 Å². The zero-order valence-corrected chi connectivity index (χ0v) is 14.0. The fourth-order valence-electron chi connectivity index (χ4n) is 2.13. The summed E-state index contributed by atoms with van der Waals surface area (Å²) in [6.45, 7) is 2.54. The van der Waals surface area contributed by atoms with Crippen molar-refractivity contribution in [2.24, 2.45) is 5.73 Å². The monoisotopic (exact) mass is 332 g/mol. The molecule has 0 radical (unpaired) electrons. The van der Waals surface area contributed by atoms with Crippen molar-refractivity contribution in [1.82, 2.24) is 5.32 Å². The molecule has 6 heteroatoms. The first-order valence-electron chi connectivity index (χ1n) is 7.41. The lowest BCUT2D eigenvalue weighted by Gasteiger charge is -2.15. The largest absolute Gasteiger partial charge is 0.494 e. The number of benzene rings is 1. The van der Waals surface area contributed by atoms with Crippen molar-refractivity contribution in [2.75, 3.05) is 13.7 Å². The first-order chi connectivity index (χ1) is 10.1. The second-order valence-electron chi connectivity index (χ2n) is 5.14. The van der Waals surface area contributed by atoms with Crippen molar-refractivity contribution in [3.63, 3.8) is 0 Å². The lowest BCUT2D eigenvalue weighted by molar-refractivity contribution is -0.121. The summed E-state index contributed by atoms with van der Waals surface area (Å²) in [6, 6.07) is 4.50. The van der Waals surface area contributed by atoms with Crippen molar-refractivity contribution >= 4 is 18.3 Å². The number of ether oxygens (including phenoxy) is 1. The number of unbranched alkanes of at least 4 members (excludes halogenated alkanes) is 3. The van der Waals surface area contributed by atoms with Gasteiger partial charge in [-0.1, -0.05) is 18.9 Å². The van der Waals surface area contributed by atoms with Gasteiger partial charge >= 0.3 is 0 Å². The van der Waals surface area contributed by atoms with Gasteiger partial charge in [0.15, 0.2) is 11.6 Å². The van der Waals surface area contributed by atoms with Gasteiger partial charge in [-0.25, -0.2) is 4.39 Å². The lowest BCUT2D eigenvalue weighted by atomic mass is 10.1. The van der Waals surface area contributed by atoms with E-state index in [1.54, 1.807) is 12.1 Å². The molecule has 4 nitrogen and oxygen atoms in total. The lowest BCUT2D eigenvalue weighted by Crippen LogP contribution is -2.26. The van der Waals surface area contributed by atoms with Crippen LogP contribution in [0.2, 0.25) is 0 Å². The predicted molar refractivity (Wildman–Crippen MR) is 88.9 cm³/mol. The van der Waals surface area contributed by atoms with Gasteiger partial charge in [-0.2, -0.15) is 0 Å². The van der Waals surface area contributed by atoms with E-state index in [4.69, 9.17) is 10.5 Å². The van der Waals surface area contributed by atoms with E-state index >= 15 is 0 Å². The van der Waals surface area contributed by atoms with Crippen LogP contribution in [0.1, 0.15) is 50.6 Å². The Labute approximate surface area is 138 Å². The highest BCUT2D eigenvalue weighted by Crippen LogP contribution is 2.21. The number of hydrogen-bond acceptors (Lipinski definition) is 3. The summed E-state index contributed by atoms with van der Waals surface area (Å²) in [5.41, 5.74) is 6.14. The highest BCUT2D eigenvalue weighted by Gasteiger charge is 2.12. The molecule has 1 aromatic rings. The van der Waals surface area contributed by atoms with E-state index in [1.807, 2.05) is 6.92 Å². The van der Waals surface area contributed by atoms with Gasteiger partial charge in [0.05, 0.1) is 13.2 Å². The van der Waals surface area contributed by atoms with Crippen molar-refractivity contribution < 1.29 is 13.9 Å². The first kappa shape index (κ1) is 20.7. The van der Waals surface area contributed by atoms with Crippen LogP contribution in [0.3, 0.4) is 0 Å². The van der Waals surface area contributed by atoms with Crippen LogP contribution in [-0.2, 0) is 4.79 Å². The van der Waals surface area contributed by atoms with Crippen LogP contribution in [0.25, 0.3) is 0 Å². The van der Waals surface area contributed by atoms with Gasteiger partial charge in [0.2, 0.25) is 5.91 Å². The smallest absolute Gasteiger partial charge is 0.220 e. The SMILES string of the molecule is COc1ccc(C(C)NC(=O)CCCCCCN)cc1F.Cl. The van der Waals surface area contributed by atoms with Crippen LogP contribution >= 0.6 is 12.4 Å². The third-order valence-electron chi connectivity index (χ3n) is 3.41. The summed E-state index contributed by atoms with van der Waals surface area (Å²) in [4.78, 5) is 11.8. The van der Waals surface area contributed by atoms with E-state index in [0.29, 0.717) is 13.0 Å². The van der Waals surface area contributed by atoms with E-state index in [0.717, 1.165) is 31.2 Å². The standard InChI is InChI=1S/C16H25FN2O2.ClH/c1-12(13-8-9-15(21-2)14(17)11-13)19-16(20)7-5-3-4-6-10-18;/h8-9,11-12H,3-7,10,18H2,1-2H3,(H,19,20);1H. The maximum Gasteiger partial charge on any atom is 0.220 e. The maximum absolute atomic E-state index is 13.6. The third kappa shape index (κ3) is 7.09. The molecule has 1 unspecified atom stereocenters. The Bertz CT molecular complexity index is 458. The molecule has 0 aliphatic rings. The van der Waals surface area contributed by atoms with Crippen LogP contribution in [0.5, 0.6) is 5.75 Å². The number of amides is 1. The molecular formula is C16H26ClFN2O2. The van der Waals surface area contributed by atoms with Gasteiger partial charge in [0, 0.05) is 6.42 Å². The fourth-order valence-corrected chi connectivity index (χ4v) is 2.13. The summed E-state index contributed by atoms with van der Waals surface area (Å²) in [7, 11) is 1.42. The summed E-state index contributed by atoms with van der Waals surface area (Å²) in [5.74, 6) is -0.221. The number of rotatable bonds is 9. The molecular weight excluding hydrogens is 307 g/mol. The van der Waals surface area contributed by atoms with Crippen molar-refractivity contribution in [1.29, 1.82) is 0 Å². The highest BCUT2D eigenvalue weighted by atomic mass is 35.5. The average Bonchev–Trinajstić information content (AvgIpc) is 2.46. The van der Waals surface area contributed by atoms with Gasteiger partial charge in [-0.15, -0.1) is 12.4 Å². The molecule has 1 atom stereocenters. The van der Waals surface area contributed by atoms with Crippen molar-refractivity contribution in [2.45, 2.75) is 45.1 Å². The molecule has 126 valence electrons. The summed E-state index contributed by atoms with van der Waals surface area (Å²) in [5, 5.41) is 2.88. The molecule has 0 aliphatic heterocycles. The molecule has 0 aliphatic carbocycles. The third-order valence-corrected chi connectivity index (χ3v) is 3.41. The predicted octanol–water partition coefficient (Wildman–Crippen LogP) is 3.34. The number of hydrogen-bond donors (Lipinski definition) is 2. The molecule has 0 saturated carbocycles. The Morgan fingerprint density at radius 3 is 2.59 bits per heavy atom. The first-order valence-corrected chi connectivity index (χ1v) is 7.41. The molecule has 0 saturated heterocycles. The van der Waals surface area contributed by atoms with Gasteiger partial charge in [0.1, 0.15) is 0 Å². The average molecular weight is 333 g/mol. The zero-order valence-electron chi connectivity index (χ0n) is 13.2. The normalized spacial score (nSPS) is 11.5. The van der Waals surface area contributed by atoms with Crippen LogP contribution in [0, 0.1) is 5.82 Å². The zero-order chi connectivity index (χ0) is 15.7. The molecule has 1 aromatic carbocycles. The van der Waals surface area contributed by atoms with Crippen molar-refractivity contribution in [3.05, 3.63) is 29.6 Å². The fraction of sp³-hybridized carbons (Fsp3) is 0.562. The van der Waals surface area contributed by atoms with Gasteiger partial charge in [-0.05, 0) is 44.0 Å². The van der Waals surface area contributed by atoms with E-state index in [9.17, 15) is 9.18 Å². The second kappa shape index (κ2) is 11.3. The van der Waals surface area contributed by atoms with Crippen LogP contribution in [-0.4, -0.2) is 19.6 Å². The molecule has 0 bridgehead atoms. The molecule has 0 aromatic heterocycles. The molecule has 1 amide bonds. The minimum absolute atomic E-state index is 0. The van der Waals surface area contributed by atoms with Crippen molar-refractivity contribution in [3.8, 4) is 5.75 Å². The quantitative estimate of drug-likeness (QED) is 0.682. The van der Waals surface area contributed by atoms with Gasteiger partial charge < -0.3 is 15.8 Å². The number of carbonyl (C=O) groups is 1. The number of methoxy groups -OCH3 is 1. The number of nitrogens with one attached hydrogen (secondary N) is 1. The van der Waals surface area contributed by atoms with Gasteiger partial charge in [-0.3, -0.25) is 4.79 Å². The summed E-state index contributed by atoms with van der Waals surface area (Å²) >= 11 is 0. The van der Waals surface area contributed by atoms with E-state index in [1.165, 1.54) is 13.2 Å². The van der Waals surface area contributed by atoms with Crippen LogP contribution in [0.15, 0.2) is 18.2 Å². The Hall–Kier alpha value is -1.33. The molecule has 1 rings (SSSR count). The molecule has 3 N–H and O–H groups in total. The maximum atomic E-state index is 13.6. The van der Waals surface area contributed by atoms with E-state index < -0.39 is 5.82 Å². The Morgan fingerprint density at radius 2 is 2.00 bits per heavy atom. The number of nitrogens with two attached hydrogens (primary N) is 1.